The highest BCUT2D eigenvalue weighted by Crippen LogP contribution is 2.37. The standard InChI is InChI=1S/C21H18Cl2N2O3S.ClH/c22-14-2-3-15-18(10-14)29-20(19(15)23)21(26)25-7-5-24(6-8-25)11-13-1-4-16-17(9-13)28-12-27-16;/h1-4,9-10H,5-8,11-12H2;1H. The molecule has 0 radical (unpaired) electrons. The molecule has 158 valence electrons. The number of halogens is 3. The quantitative estimate of drug-likeness (QED) is 0.504. The lowest BCUT2D eigenvalue weighted by molar-refractivity contribution is 0.0633. The van der Waals surface area contributed by atoms with Gasteiger partial charge in [0.05, 0.1) is 5.02 Å². The van der Waals surface area contributed by atoms with Gasteiger partial charge in [0, 0.05) is 47.8 Å². The van der Waals surface area contributed by atoms with E-state index < -0.39 is 0 Å². The van der Waals surface area contributed by atoms with Crippen molar-refractivity contribution < 1.29 is 14.3 Å². The van der Waals surface area contributed by atoms with Gasteiger partial charge in [0.25, 0.3) is 5.91 Å². The molecule has 0 saturated carbocycles. The molecule has 0 aliphatic carbocycles. The third-order valence-corrected chi connectivity index (χ3v) is 7.17. The fourth-order valence-corrected chi connectivity index (χ4v) is 5.48. The molecule has 3 heterocycles. The summed E-state index contributed by atoms with van der Waals surface area (Å²) in [7, 11) is 0. The van der Waals surface area contributed by atoms with Gasteiger partial charge >= 0.3 is 0 Å². The normalized spacial score (nSPS) is 16.0. The van der Waals surface area contributed by atoms with E-state index in [-0.39, 0.29) is 25.1 Å². The average molecular weight is 486 g/mol. The van der Waals surface area contributed by atoms with Crippen molar-refractivity contribution in [3.63, 3.8) is 0 Å². The van der Waals surface area contributed by atoms with E-state index >= 15 is 0 Å². The predicted molar refractivity (Wildman–Crippen MR) is 123 cm³/mol. The monoisotopic (exact) mass is 484 g/mol. The van der Waals surface area contributed by atoms with E-state index in [2.05, 4.69) is 11.0 Å². The molecular weight excluding hydrogens is 467 g/mol. The molecule has 5 nitrogen and oxygen atoms in total. The number of benzene rings is 2. The summed E-state index contributed by atoms with van der Waals surface area (Å²) in [6, 6.07) is 11.6. The highest BCUT2D eigenvalue weighted by Gasteiger charge is 2.26. The number of hydrogen-bond donors (Lipinski definition) is 0. The lowest BCUT2D eigenvalue weighted by Gasteiger charge is -2.34. The van der Waals surface area contributed by atoms with E-state index in [1.165, 1.54) is 16.9 Å². The Kier molecular flexibility index (Phi) is 6.32. The van der Waals surface area contributed by atoms with Crippen molar-refractivity contribution in [1.82, 2.24) is 9.80 Å². The fourth-order valence-electron chi connectivity index (χ4n) is 3.73. The number of fused-ring (bicyclic) bond motifs is 2. The topological polar surface area (TPSA) is 42.0 Å². The molecule has 2 aliphatic rings. The molecule has 30 heavy (non-hydrogen) atoms. The maximum absolute atomic E-state index is 13.0. The van der Waals surface area contributed by atoms with Crippen LogP contribution < -0.4 is 9.47 Å². The van der Waals surface area contributed by atoms with Crippen LogP contribution >= 0.6 is 46.9 Å². The molecule has 2 aromatic carbocycles. The zero-order valence-corrected chi connectivity index (χ0v) is 19.0. The molecule has 0 atom stereocenters. The highest BCUT2D eigenvalue weighted by atomic mass is 35.5. The van der Waals surface area contributed by atoms with Crippen molar-refractivity contribution in [2.75, 3.05) is 33.0 Å². The van der Waals surface area contributed by atoms with Crippen LogP contribution in [-0.2, 0) is 6.54 Å². The molecule has 0 bridgehead atoms. The SMILES string of the molecule is Cl.O=C(c1sc2cc(Cl)ccc2c1Cl)N1CCN(Cc2ccc3c(c2)OCO3)CC1. The summed E-state index contributed by atoms with van der Waals surface area (Å²) < 4.78 is 11.8. The summed E-state index contributed by atoms with van der Waals surface area (Å²) in [5, 5.41) is 2.05. The number of hydrogen-bond acceptors (Lipinski definition) is 5. The van der Waals surface area contributed by atoms with Crippen LogP contribution in [0, 0.1) is 0 Å². The van der Waals surface area contributed by atoms with Crippen molar-refractivity contribution in [2.24, 2.45) is 0 Å². The summed E-state index contributed by atoms with van der Waals surface area (Å²) in [5.41, 5.74) is 1.18. The van der Waals surface area contributed by atoms with Crippen LogP contribution in [-0.4, -0.2) is 48.7 Å². The summed E-state index contributed by atoms with van der Waals surface area (Å²) in [5.74, 6) is 1.59. The largest absolute Gasteiger partial charge is 0.454 e. The first kappa shape index (κ1) is 21.5. The van der Waals surface area contributed by atoms with Gasteiger partial charge < -0.3 is 14.4 Å². The molecule has 1 fully saturated rings. The molecule has 2 aliphatic heterocycles. The predicted octanol–water partition coefficient (Wildman–Crippen LogP) is 5.32. The third-order valence-electron chi connectivity index (χ3n) is 5.29. The maximum Gasteiger partial charge on any atom is 0.265 e. The Morgan fingerprint density at radius 1 is 1.00 bits per heavy atom. The van der Waals surface area contributed by atoms with Crippen molar-refractivity contribution in [2.45, 2.75) is 6.54 Å². The first-order chi connectivity index (χ1) is 14.1. The summed E-state index contributed by atoms with van der Waals surface area (Å²) in [6.45, 7) is 4.08. The molecule has 1 amide bonds. The van der Waals surface area contributed by atoms with Crippen LogP contribution in [0.3, 0.4) is 0 Å². The van der Waals surface area contributed by atoms with Crippen LogP contribution in [0.5, 0.6) is 11.5 Å². The Bertz CT molecular complexity index is 1100. The number of ether oxygens (including phenoxy) is 2. The molecule has 3 aromatic rings. The van der Waals surface area contributed by atoms with E-state index in [9.17, 15) is 4.79 Å². The van der Waals surface area contributed by atoms with E-state index in [4.69, 9.17) is 32.7 Å². The van der Waals surface area contributed by atoms with E-state index in [1.54, 1.807) is 6.07 Å². The van der Waals surface area contributed by atoms with Gasteiger partial charge in [0.2, 0.25) is 6.79 Å². The van der Waals surface area contributed by atoms with Gasteiger partial charge in [-0.05, 0) is 29.8 Å². The Hall–Kier alpha value is -1.70. The summed E-state index contributed by atoms with van der Waals surface area (Å²) in [4.78, 5) is 17.9. The van der Waals surface area contributed by atoms with E-state index in [0.717, 1.165) is 41.2 Å². The smallest absolute Gasteiger partial charge is 0.265 e. The average Bonchev–Trinajstić information content (AvgIpc) is 3.32. The van der Waals surface area contributed by atoms with Crippen LogP contribution in [0.4, 0.5) is 0 Å². The minimum Gasteiger partial charge on any atom is -0.454 e. The maximum atomic E-state index is 13.0. The minimum atomic E-state index is -0.00458. The second-order valence-electron chi connectivity index (χ2n) is 7.14. The van der Waals surface area contributed by atoms with Gasteiger partial charge in [0.15, 0.2) is 11.5 Å². The summed E-state index contributed by atoms with van der Waals surface area (Å²) in [6.07, 6.45) is 0. The molecule has 0 N–H and O–H groups in total. The Balaban J connectivity index is 0.00000218. The van der Waals surface area contributed by atoms with E-state index in [1.807, 2.05) is 29.2 Å². The summed E-state index contributed by atoms with van der Waals surface area (Å²) >= 11 is 14.0. The van der Waals surface area contributed by atoms with Gasteiger partial charge in [0.1, 0.15) is 4.88 Å². The van der Waals surface area contributed by atoms with Gasteiger partial charge in [-0.15, -0.1) is 23.7 Å². The van der Waals surface area contributed by atoms with Crippen molar-refractivity contribution in [1.29, 1.82) is 0 Å². The zero-order chi connectivity index (χ0) is 20.0. The van der Waals surface area contributed by atoms with Gasteiger partial charge in [-0.25, -0.2) is 0 Å². The fraction of sp³-hybridized carbons (Fsp3) is 0.286. The number of carbonyl (C=O) groups is 1. The van der Waals surface area contributed by atoms with Gasteiger partial charge in [-0.1, -0.05) is 35.3 Å². The van der Waals surface area contributed by atoms with Crippen molar-refractivity contribution in [3.8, 4) is 11.5 Å². The van der Waals surface area contributed by atoms with Crippen LogP contribution in [0.25, 0.3) is 10.1 Å². The molecule has 0 spiro atoms. The number of piperazine rings is 1. The molecule has 1 saturated heterocycles. The zero-order valence-electron chi connectivity index (χ0n) is 15.9. The minimum absolute atomic E-state index is 0. The van der Waals surface area contributed by atoms with Crippen molar-refractivity contribution in [3.05, 3.63) is 56.9 Å². The third kappa shape index (κ3) is 4.07. The van der Waals surface area contributed by atoms with Crippen LogP contribution in [0.15, 0.2) is 36.4 Å². The van der Waals surface area contributed by atoms with Crippen LogP contribution in [0.2, 0.25) is 10.0 Å². The van der Waals surface area contributed by atoms with Crippen LogP contribution in [0.1, 0.15) is 15.2 Å². The number of amides is 1. The van der Waals surface area contributed by atoms with Gasteiger partial charge in [-0.3, -0.25) is 9.69 Å². The lowest BCUT2D eigenvalue weighted by atomic mass is 10.1. The number of nitrogens with zero attached hydrogens (tertiary/aromatic N) is 2. The van der Waals surface area contributed by atoms with Gasteiger partial charge in [-0.2, -0.15) is 0 Å². The van der Waals surface area contributed by atoms with Crippen molar-refractivity contribution >= 4 is 62.9 Å². The first-order valence-electron chi connectivity index (χ1n) is 9.36. The lowest BCUT2D eigenvalue weighted by Crippen LogP contribution is -2.48. The highest BCUT2D eigenvalue weighted by molar-refractivity contribution is 7.21. The Morgan fingerprint density at radius 2 is 1.77 bits per heavy atom. The second-order valence-corrected chi connectivity index (χ2v) is 9.01. The Morgan fingerprint density at radius 3 is 2.57 bits per heavy atom. The molecule has 9 heteroatoms. The number of rotatable bonds is 3. The first-order valence-corrected chi connectivity index (χ1v) is 10.9. The molecule has 0 unspecified atom stereocenters. The number of carbonyl (C=O) groups excluding carboxylic acids is 1. The van der Waals surface area contributed by atoms with E-state index in [0.29, 0.717) is 28.0 Å². The number of thiophene rings is 1. The molecular formula is C21H19Cl3N2O3S. The second kappa shape index (κ2) is 8.81. The molecule has 1 aromatic heterocycles. The molecule has 5 rings (SSSR count). The Labute approximate surface area is 194 Å².